The molecule has 0 bridgehead atoms. The second kappa shape index (κ2) is 6.59. The van der Waals surface area contributed by atoms with E-state index >= 15 is 0 Å². The first-order valence-electron chi connectivity index (χ1n) is 6.53. The Hall–Kier alpha value is -2.07. The molecule has 0 aliphatic rings. The largest absolute Gasteiger partial charge is 0.478 e. The second-order valence-corrected chi connectivity index (χ2v) is 5.01. The zero-order valence-corrected chi connectivity index (χ0v) is 12.3. The number of carboxylic acids is 1. The lowest BCUT2D eigenvalue weighted by molar-refractivity contribution is 0.0697. The van der Waals surface area contributed by atoms with Gasteiger partial charge in [-0.15, -0.1) is 0 Å². The molecule has 0 aromatic heterocycles. The lowest BCUT2D eigenvalue weighted by Crippen LogP contribution is -2.22. The van der Waals surface area contributed by atoms with E-state index in [1.165, 1.54) is 24.3 Å². The highest BCUT2D eigenvalue weighted by atomic mass is 35.5. The van der Waals surface area contributed by atoms with Crippen LogP contribution in [0.4, 0.5) is 10.1 Å². The van der Waals surface area contributed by atoms with Gasteiger partial charge in [0, 0.05) is 23.8 Å². The highest BCUT2D eigenvalue weighted by Crippen LogP contribution is 2.23. The third-order valence-corrected chi connectivity index (χ3v) is 3.59. The molecular formula is C16H15ClFNO2. The summed E-state index contributed by atoms with van der Waals surface area (Å²) in [5.74, 6) is -1.28. The summed E-state index contributed by atoms with van der Waals surface area (Å²) in [6.45, 7) is 3.24. The molecule has 0 fully saturated rings. The van der Waals surface area contributed by atoms with Crippen LogP contribution < -0.4 is 4.90 Å². The van der Waals surface area contributed by atoms with Gasteiger partial charge in [-0.05, 0) is 48.9 Å². The number of carbonyl (C=O) groups is 1. The minimum Gasteiger partial charge on any atom is -0.478 e. The Morgan fingerprint density at radius 1 is 1.24 bits per heavy atom. The van der Waals surface area contributed by atoms with Crippen molar-refractivity contribution in [1.82, 2.24) is 0 Å². The molecule has 0 saturated heterocycles. The normalized spacial score (nSPS) is 10.4. The number of carboxylic acid groups (broad SMARTS) is 1. The van der Waals surface area contributed by atoms with Gasteiger partial charge in [0.25, 0.3) is 0 Å². The summed E-state index contributed by atoms with van der Waals surface area (Å²) in [4.78, 5) is 12.9. The van der Waals surface area contributed by atoms with E-state index in [1.807, 2.05) is 11.8 Å². The molecule has 1 N–H and O–H groups in total. The number of aromatic carboxylic acids is 1. The minimum absolute atomic E-state index is 0.161. The molecular weight excluding hydrogens is 293 g/mol. The Morgan fingerprint density at radius 3 is 2.43 bits per heavy atom. The molecule has 2 aromatic carbocycles. The predicted molar refractivity (Wildman–Crippen MR) is 81.5 cm³/mol. The molecule has 0 heterocycles. The fourth-order valence-electron chi connectivity index (χ4n) is 2.05. The quantitative estimate of drug-likeness (QED) is 0.900. The van der Waals surface area contributed by atoms with E-state index in [2.05, 4.69) is 0 Å². The Bertz CT molecular complexity index is 643. The lowest BCUT2D eigenvalue weighted by Gasteiger charge is -2.23. The van der Waals surface area contributed by atoms with Gasteiger partial charge in [0.05, 0.1) is 5.56 Å². The zero-order chi connectivity index (χ0) is 15.4. The molecule has 110 valence electrons. The van der Waals surface area contributed by atoms with Gasteiger partial charge < -0.3 is 10.0 Å². The fraction of sp³-hybridized carbons (Fsp3) is 0.188. The van der Waals surface area contributed by atoms with Gasteiger partial charge in [0.15, 0.2) is 0 Å². The van der Waals surface area contributed by atoms with Gasteiger partial charge in [0.1, 0.15) is 5.82 Å². The maximum absolute atomic E-state index is 13.0. The van der Waals surface area contributed by atoms with E-state index in [0.29, 0.717) is 11.6 Å². The number of benzene rings is 2. The highest BCUT2D eigenvalue weighted by molar-refractivity contribution is 6.31. The monoisotopic (exact) mass is 307 g/mol. The minimum atomic E-state index is -1.01. The van der Waals surface area contributed by atoms with Crippen molar-refractivity contribution in [2.75, 3.05) is 11.4 Å². The van der Waals surface area contributed by atoms with Crippen molar-refractivity contribution in [3.8, 4) is 0 Å². The standard InChI is InChI=1S/C16H15ClFNO2/c1-2-19(14-7-5-13(18)6-8-14)10-12-4-3-11(16(20)21)9-15(12)17/h3-9H,2,10H2,1H3,(H,20,21). The third kappa shape index (κ3) is 3.73. The molecule has 0 aliphatic carbocycles. The predicted octanol–water partition coefficient (Wildman–Crippen LogP) is 4.20. The van der Waals surface area contributed by atoms with Crippen LogP contribution in [0.3, 0.4) is 0 Å². The van der Waals surface area contributed by atoms with E-state index in [-0.39, 0.29) is 11.4 Å². The third-order valence-electron chi connectivity index (χ3n) is 3.23. The average molecular weight is 308 g/mol. The van der Waals surface area contributed by atoms with Crippen molar-refractivity contribution in [2.24, 2.45) is 0 Å². The Morgan fingerprint density at radius 2 is 1.90 bits per heavy atom. The molecule has 2 aromatic rings. The molecule has 0 unspecified atom stereocenters. The van der Waals surface area contributed by atoms with Crippen LogP contribution in [0, 0.1) is 5.82 Å². The van der Waals surface area contributed by atoms with Gasteiger partial charge in [-0.2, -0.15) is 0 Å². The van der Waals surface area contributed by atoms with Gasteiger partial charge in [-0.3, -0.25) is 0 Å². The van der Waals surface area contributed by atoms with Crippen LogP contribution in [0.1, 0.15) is 22.8 Å². The zero-order valence-electron chi connectivity index (χ0n) is 11.5. The summed E-state index contributed by atoms with van der Waals surface area (Å²) in [5.41, 5.74) is 1.87. The number of nitrogens with zero attached hydrogens (tertiary/aromatic N) is 1. The molecule has 5 heteroatoms. The number of hydrogen-bond acceptors (Lipinski definition) is 2. The first kappa shape index (κ1) is 15.3. The van der Waals surface area contributed by atoms with Crippen LogP contribution in [-0.4, -0.2) is 17.6 Å². The smallest absolute Gasteiger partial charge is 0.335 e. The first-order valence-corrected chi connectivity index (χ1v) is 6.91. The number of hydrogen-bond donors (Lipinski definition) is 1. The summed E-state index contributed by atoms with van der Waals surface area (Å²) in [7, 11) is 0. The molecule has 0 spiro atoms. The lowest BCUT2D eigenvalue weighted by atomic mass is 10.1. The SMILES string of the molecule is CCN(Cc1ccc(C(=O)O)cc1Cl)c1ccc(F)cc1. The highest BCUT2D eigenvalue weighted by Gasteiger charge is 2.11. The van der Waals surface area contributed by atoms with E-state index in [4.69, 9.17) is 16.7 Å². The summed E-state index contributed by atoms with van der Waals surface area (Å²) < 4.78 is 13.0. The Labute approximate surface area is 127 Å². The molecule has 3 nitrogen and oxygen atoms in total. The van der Waals surface area contributed by atoms with Crippen LogP contribution in [0.15, 0.2) is 42.5 Å². The van der Waals surface area contributed by atoms with Crippen LogP contribution >= 0.6 is 11.6 Å². The Balaban J connectivity index is 2.22. The molecule has 0 saturated carbocycles. The van der Waals surface area contributed by atoms with Crippen LogP contribution in [0.2, 0.25) is 5.02 Å². The molecule has 0 radical (unpaired) electrons. The van der Waals surface area contributed by atoms with Crippen molar-refractivity contribution < 1.29 is 14.3 Å². The van der Waals surface area contributed by atoms with Crippen molar-refractivity contribution in [3.05, 3.63) is 64.4 Å². The molecule has 2 rings (SSSR count). The van der Waals surface area contributed by atoms with E-state index < -0.39 is 5.97 Å². The Kier molecular flexibility index (Phi) is 4.81. The van der Waals surface area contributed by atoms with Crippen LogP contribution in [-0.2, 0) is 6.54 Å². The maximum atomic E-state index is 13.0. The van der Waals surface area contributed by atoms with Gasteiger partial charge in [-0.1, -0.05) is 17.7 Å². The maximum Gasteiger partial charge on any atom is 0.335 e. The van der Waals surface area contributed by atoms with Crippen molar-refractivity contribution in [1.29, 1.82) is 0 Å². The van der Waals surface area contributed by atoms with Crippen LogP contribution in [0.25, 0.3) is 0 Å². The van der Waals surface area contributed by atoms with E-state index in [1.54, 1.807) is 18.2 Å². The second-order valence-electron chi connectivity index (χ2n) is 4.60. The van der Waals surface area contributed by atoms with E-state index in [9.17, 15) is 9.18 Å². The van der Waals surface area contributed by atoms with Gasteiger partial charge >= 0.3 is 5.97 Å². The summed E-state index contributed by atoms with van der Waals surface area (Å²) >= 11 is 6.14. The topological polar surface area (TPSA) is 40.5 Å². The summed E-state index contributed by atoms with van der Waals surface area (Å²) in [6, 6.07) is 10.9. The van der Waals surface area contributed by atoms with Crippen molar-refractivity contribution in [3.63, 3.8) is 0 Å². The summed E-state index contributed by atoms with van der Waals surface area (Å²) in [5, 5.41) is 9.34. The average Bonchev–Trinajstić information content (AvgIpc) is 2.47. The molecule has 0 atom stereocenters. The van der Waals surface area contributed by atoms with Crippen molar-refractivity contribution in [2.45, 2.75) is 13.5 Å². The van der Waals surface area contributed by atoms with Gasteiger partial charge in [-0.25, -0.2) is 9.18 Å². The molecule has 0 amide bonds. The summed E-state index contributed by atoms with van der Waals surface area (Å²) in [6.07, 6.45) is 0. The number of anilines is 1. The van der Waals surface area contributed by atoms with Crippen LogP contribution in [0.5, 0.6) is 0 Å². The van der Waals surface area contributed by atoms with Crippen molar-refractivity contribution >= 4 is 23.3 Å². The van der Waals surface area contributed by atoms with Gasteiger partial charge in [0.2, 0.25) is 0 Å². The number of halogens is 2. The molecule has 0 aliphatic heterocycles. The van der Waals surface area contributed by atoms with E-state index in [0.717, 1.165) is 17.8 Å². The first-order chi connectivity index (χ1) is 10.0. The fourth-order valence-corrected chi connectivity index (χ4v) is 2.29. The number of rotatable bonds is 5. The molecule has 21 heavy (non-hydrogen) atoms.